The zero-order chi connectivity index (χ0) is 16.7. The number of carbonyl (C=O) groups is 1. The molecule has 0 atom stereocenters. The summed E-state index contributed by atoms with van der Waals surface area (Å²) in [6.07, 6.45) is 1.94. The average molecular weight is 368 g/mol. The van der Waals surface area contributed by atoms with Gasteiger partial charge in [0.15, 0.2) is 0 Å². The van der Waals surface area contributed by atoms with Crippen LogP contribution in [0.4, 0.5) is 4.79 Å². The average Bonchev–Trinajstić information content (AvgIpc) is 3.21. The molecule has 0 radical (unpaired) electrons. The number of nitrogens with zero attached hydrogens (tertiary/aromatic N) is 1. The summed E-state index contributed by atoms with van der Waals surface area (Å²) in [6, 6.07) is 2.46. The van der Waals surface area contributed by atoms with Crippen LogP contribution < -0.4 is 0 Å². The first-order valence-electron chi connectivity index (χ1n) is 7.85. The van der Waals surface area contributed by atoms with Crippen molar-refractivity contribution in [2.24, 2.45) is 0 Å². The smallest absolute Gasteiger partial charge is 0.410 e. The highest BCUT2D eigenvalue weighted by Gasteiger charge is 2.35. The second kappa shape index (κ2) is 6.23. The molecule has 0 unspecified atom stereocenters. The predicted octanol–water partition coefficient (Wildman–Crippen LogP) is 5.27. The quantitative estimate of drug-likeness (QED) is 0.727. The first kappa shape index (κ1) is 17.3. The normalized spacial score (nSPS) is 14.9. The molecular weight excluding hydrogens is 342 g/mol. The van der Waals surface area contributed by atoms with Gasteiger partial charge in [0.2, 0.25) is 0 Å². The van der Waals surface area contributed by atoms with Gasteiger partial charge in [-0.3, -0.25) is 0 Å². The molecule has 122 valence electrons. The molecule has 0 heterocycles. The number of rotatable bonds is 3. The summed E-state index contributed by atoms with van der Waals surface area (Å²) in [6.45, 7) is 12.7. The molecule has 1 aliphatic rings. The van der Waals surface area contributed by atoms with Crippen LogP contribution in [0.1, 0.15) is 55.9 Å². The lowest BCUT2D eigenvalue weighted by molar-refractivity contribution is 0.0216. The highest BCUT2D eigenvalue weighted by atomic mass is 79.9. The van der Waals surface area contributed by atoms with Crippen molar-refractivity contribution < 1.29 is 9.53 Å². The van der Waals surface area contributed by atoms with Gasteiger partial charge < -0.3 is 9.64 Å². The molecule has 3 nitrogen and oxygen atoms in total. The second-order valence-electron chi connectivity index (χ2n) is 7.23. The van der Waals surface area contributed by atoms with Crippen molar-refractivity contribution in [1.29, 1.82) is 0 Å². The lowest BCUT2D eigenvalue weighted by Gasteiger charge is -2.28. The Morgan fingerprint density at radius 1 is 1.23 bits per heavy atom. The molecule has 1 aromatic rings. The number of hydrogen-bond donors (Lipinski definition) is 0. The van der Waals surface area contributed by atoms with E-state index in [1.54, 1.807) is 0 Å². The van der Waals surface area contributed by atoms with Gasteiger partial charge in [-0.05, 0) is 82.7 Å². The molecule has 0 aromatic heterocycles. The Morgan fingerprint density at radius 2 is 1.82 bits per heavy atom. The zero-order valence-corrected chi connectivity index (χ0v) is 16.0. The maximum atomic E-state index is 12.5. The molecule has 1 aliphatic carbocycles. The molecule has 1 aromatic carbocycles. The van der Waals surface area contributed by atoms with Crippen LogP contribution in [0.25, 0.3) is 0 Å². The molecule has 0 saturated heterocycles. The van der Waals surface area contributed by atoms with Crippen LogP contribution in [0.15, 0.2) is 10.5 Å². The van der Waals surface area contributed by atoms with Crippen molar-refractivity contribution in [3.63, 3.8) is 0 Å². The fourth-order valence-corrected chi connectivity index (χ4v) is 3.04. The van der Waals surface area contributed by atoms with Crippen molar-refractivity contribution >= 4 is 22.0 Å². The molecule has 22 heavy (non-hydrogen) atoms. The lowest BCUT2D eigenvalue weighted by Crippen LogP contribution is -2.38. The first-order valence-corrected chi connectivity index (χ1v) is 8.64. The molecule has 1 saturated carbocycles. The summed E-state index contributed by atoms with van der Waals surface area (Å²) in [5.74, 6) is 0. The summed E-state index contributed by atoms with van der Waals surface area (Å²) >= 11 is 3.62. The van der Waals surface area contributed by atoms with Crippen LogP contribution >= 0.6 is 15.9 Å². The third kappa shape index (κ3) is 4.03. The van der Waals surface area contributed by atoms with Crippen LogP contribution in [0.2, 0.25) is 0 Å². The van der Waals surface area contributed by atoms with Crippen LogP contribution in [0.3, 0.4) is 0 Å². The third-order valence-electron chi connectivity index (χ3n) is 4.22. The number of ether oxygens (including phenoxy) is 1. The highest BCUT2D eigenvalue weighted by molar-refractivity contribution is 9.10. The molecule has 1 fully saturated rings. The third-order valence-corrected chi connectivity index (χ3v) is 5.05. The molecule has 0 aliphatic heterocycles. The van der Waals surface area contributed by atoms with E-state index in [2.05, 4.69) is 42.8 Å². The molecular formula is C18H26BrNO2. The Labute approximate surface area is 142 Å². The predicted molar refractivity (Wildman–Crippen MR) is 93.2 cm³/mol. The zero-order valence-electron chi connectivity index (χ0n) is 14.4. The van der Waals surface area contributed by atoms with Gasteiger partial charge in [-0.25, -0.2) is 4.79 Å². The minimum absolute atomic E-state index is 0.205. The van der Waals surface area contributed by atoms with Crippen molar-refractivity contribution in [1.82, 2.24) is 4.90 Å². The van der Waals surface area contributed by atoms with Gasteiger partial charge >= 0.3 is 6.09 Å². The fraction of sp³-hybridized carbons (Fsp3) is 0.611. The van der Waals surface area contributed by atoms with E-state index in [1.807, 2.05) is 25.7 Å². The van der Waals surface area contributed by atoms with Gasteiger partial charge in [0, 0.05) is 17.1 Å². The number of benzene rings is 1. The van der Waals surface area contributed by atoms with Crippen LogP contribution in [-0.2, 0) is 11.3 Å². The number of amides is 1. The van der Waals surface area contributed by atoms with E-state index in [0.29, 0.717) is 12.6 Å². The summed E-state index contributed by atoms with van der Waals surface area (Å²) in [5, 5.41) is 0. The molecule has 0 spiro atoms. The Kier molecular flexibility index (Phi) is 4.90. The van der Waals surface area contributed by atoms with E-state index in [4.69, 9.17) is 4.74 Å². The summed E-state index contributed by atoms with van der Waals surface area (Å²) < 4.78 is 6.68. The van der Waals surface area contributed by atoms with Gasteiger partial charge in [-0.15, -0.1) is 0 Å². The van der Waals surface area contributed by atoms with Crippen molar-refractivity contribution in [2.45, 2.75) is 72.6 Å². The maximum Gasteiger partial charge on any atom is 0.410 e. The van der Waals surface area contributed by atoms with E-state index < -0.39 is 5.60 Å². The van der Waals surface area contributed by atoms with E-state index in [9.17, 15) is 4.79 Å². The van der Waals surface area contributed by atoms with E-state index in [-0.39, 0.29) is 6.09 Å². The van der Waals surface area contributed by atoms with Crippen LogP contribution in [0, 0.1) is 20.8 Å². The minimum Gasteiger partial charge on any atom is -0.444 e. The maximum absolute atomic E-state index is 12.5. The Bertz CT molecular complexity index is 586. The number of hydrogen-bond acceptors (Lipinski definition) is 2. The molecule has 4 heteroatoms. The van der Waals surface area contributed by atoms with Crippen molar-refractivity contribution in [2.75, 3.05) is 0 Å². The second-order valence-corrected chi connectivity index (χ2v) is 8.09. The lowest BCUT2D eigenvalue weighted by atomic mass is 9.98. The molecule has 0 bridgehead atoms. The van der Waals surface area contributed by atoms with E-state index >= 15 is 0 Å². The Balaban J connectivity index is 2.24. The monoisotopic (exact) mass is 367 g/mol. The van der Waals surface area contributed by atoms with E-state index in [1.165, 1.54) is 22.3 Å². The molecule has 1 amide bonds. The SMILES string of the molecule is Cc1c(Br)cc(CN(C(=O)OC(C)(C)C)C2CC2)c(C)c1C. The topological polar surface area (TPSA) is 29.5 Å². The number of halogens is 1. The van der Waals surface area contributed by atoms with Gasteiger partial charge in [0.25, 0.3) is 0 Å². The standard InChI is InChI=1S/C18H26BrNO2/c1-11-12(2)14(9-16(19)13(11)3)10-20(15-7-8-15)17(21)22-18(4,5)6/h9,15H,7-8,10H2,1-6H3. The minimum atomic E-state index is -0.455. The van der Waals surface area contributed by atoms with Crippen LogP contribution in [0.5, 0.6) is 0 Å². The van der Waals surface area contributed by atoms with Crippen molar-refractivity contribution in [3.8, 4) is 0 Å². The first-order chi connectivity index (χ1) is 10.1. The summed E-state index contributed by atoms with van der Waals surface area (Å²) in [4.78, 5) is 14.4. The van der Waals surface area contributed by atoms with Gasteiger partial charge in [0.05, 0.1) is 0 Å². The molecule has 2 rings (SSSR count). The van der Waals surface area contributed by atoms with Crippen molar-refractivity contribution in [3.05, 3.63) is 32.8 Å². The van der Waals surface area contributed by atoms with E-state index in [0.717, 1.165) is 17.3 Å². The van der Waals surface area contributed by atoms with Gasteiger partial charge in [-0.2, -0.15) is 0 Å². The van der Waals surface area contributed by atoms with Gasteiger partial charge in [0.1, 0.15) is 5.60 Å². The number of carbonyl (C=O) groups excluding carboxylic acids is 1. The fourth-order valence-electron chi connectivity index (χ4n) is 2.47. The summed E-state index contributed by atoms with van der Waals surface area (Å²) in [5.41, 5.74) is 4.53. The highest BCUT2D eigenvalue weighted by Crippen LogP contribution is 2.32. The Morgan fingerprint density at radius 3 is 2.32 bits per heavy atom. The van der Waals surface area contributed by atoms with Crippen LogP contribution in [-0.4, -0.2) is 22.6 Å². The largest absolute Gasteiger partial charge is 0.444 e. The molecule has 0 N–H and O–H groups in total. The summed E-state index contributed by atoms with van der Waals surface area (Å²) in [7, 11) is 0. The Hall–Kier alpha value is -1.03. The van der Waals surface area contributed by atoms with Gasteiger partial charge in [-0.1, -0.05) is 15.9 Å².